The summed E-state index contributed by atoms with van der Waals surface area (Å²) in [7, 11) is 0. The Bertz CT molecular complexity index is 758. The smallest absolute Gasteiger partial charge is 0.0249 e. The van der Waals surface area contributed by atoms with E-state index in [0.29, 0.717) is 0 Å². The van der Waals surface area contributed by atoms with Crippen molar-refractivity contribution in [3.05, 3.63) is 76.9 Å². The van der Waals surface area contributed by atoms with E-state index in [1.807, 2.05) is 6.92 Å². The first-order valence-corrected chi connectivity index (χ1v) is 10.1. The zero-order valence-corrected chi connectivity index (χ0v) is 16.2. The predicted octanol–water partition coefficient (Wildman–Crippen LogP) is 7.19. The maximum atomic E-state index is 3.30. The fraction of sp³-hybridized carbons (Fsp3) is 0.385. The number of benzene rings is 2. The molecule has 26 heavy (non-hydrogen) atoms. The third-order valence-electron chi connectivity index (χ3n) is 5.55. The van der Waals surface area contributed by atoms with E-state index in [4.69, 9.17) is 0 Å². The molecule has 134 valence electrons. The van der Waals surface area contributed by atoms with Crippen LogP contribution in [0.4, 0.5) is 0 Å². The highest BCUT2D eigenvalue weighted by atomic mass is 14.3. The van der Waals surface area contributed by atoms with Gasteiger partial charge in [0.2, 0.25) is 0 Å². The van der Waals surface area contributed by atoms with Crippen LogP contribution in [0, 0.1) is 17.8 Å². The maximum Gasteiger partial charge on any atom is 0.0249 e. The average Bonchev–Trinajstić information content (AvgIpc) is 2.69. The van der Waals surface area contributed by atoms with Gasteiger partial charge in [-0.1, -0.05) is 68.0 Å². The molecule has 0 unspecified atom stereocenters. The van der Waals surface area contributed by atoms with Crippen LogP contribution in [0.15, 0.2) is 54.6 Å². The molecule has 2 aromatic rings. The zero-order valence-electron chi connectivity index (χ0n) is 16.2. The van der Waals surface area contributed by atoms with E-state index in [1.165, 1.54) is 49.7 Å². The van der Waals surface area contributed by atoms with E-state index in [1.54, 1.807) is 0 Å². The summed E-state index contributed by atoms with van der Waals surface area (Å²) in [5.74, 6) is 8.30. The molecule has 0 amide bonds. The van der Waals surface area contributed by atoms with Crippen molar-refractivity contribution in [3.63, 3.8) is 0 Å². The molecule has 0 spiro atoms. The SMILES string of the molecule is C/C=C/c1ccc(C#Cc2ccc(C3CCC(CCC)CC3)cc2)cc1. The summed E-state index contributed by atoms with van der Waals surface area (Å²) in [5.41, 5.74) is 4.89. The standard InChI is InChI=1S/C26H30/c1-3-5-21-7-9-23(10-8-21)11-12-24-15-19-26(20-16-24)25-17-13-22(6-4-2)14-18-25/h3,5,7-10,15-16,19-20,22,25H,4,6,13-14,17-18H2,1-2H3/b5-3+. The molecule has 0 saturated heterocycles. The van der Waals surface area contributed by atoms with Crippen LogP contribution < -0.4 is 0 Å². The topological polar surface area (TPSA) is 0 Å². The van der Waals surface area contributed by atoms with Crippen molar-refractivity contribution >= 4 is 6.08 Å². The molecule has 1 fully saturated rings. The summed E-state index contributed by atoms with van der Waals surface area (Å²) in [5, 5.41) is 0. The van der Waals surface area contributed by atoms with Crippen LogP contribution in [-0.2, 0) is 0 Å². The summed E-state index contributed by atoms with van der Waals surface area (Å²) in [6.07, 6.45) is 12.4. The Kier molecular flexibility index (Phi) is 6.73. The lowest BCUT2D eigenvalue weighted by Crippen LogP contribution is -2.13. The lowest BCUT2D eigenvalue weighted by molar-refractivity contribution is 0.308. The Morgan fingerprint density at radius 3 is 1.96 bits per heavy atom. The Balaban J connectivity index is 1.60. The summed E-state index contributed by atoms with van der Waals surface area (Å²) < 4.78 is 0. The van der Waals surface area contributed by atoms with E-state index in [9.17, 15) is 0 Å². The van der Waals surface area contributed by atoms with Gasteiger partial charge in [-0.25, -0.2) is 0 Å². The van der Waals surface area contributed by atoms with Gasteiger partial charge in [0.25, 0.3) is 0 Å². The molecule has 3 rings (SSSR count). The fourth-order valence-electron chi connectivity index (χ4n) is 4.05. The fourth-order valence-corrected chi connectivity index (χ4v) is 4.05. The minimum Gasteiger partial charge on any atom is -0.0871 e. The van der Waals surface area contributed by atoms with Crippen molar-refractivity contribution in [2.45, 2.75) is 58.3 Å². The summed E-state index contributed by atoms with van der Waals surface area (Å²) in [6.45, 7) is 4.34. The first kappa shape index (κ1) is 18.5. The molecule has 0 bridgehead atoms. The Morgan fingerprint density at radius 2 is 1.42 bits per heavy atom. The molecule has 2 aromatic carbocycles. The highest BCUT2D eigenvalue weighted by Gasteiger charge is 2.21. The van der Waals surface area contributed by atoms with Gasteiger partial charge in [-0.05, 0) is 79.8 Å². The van der Waals surface area contributed by atoms with Gasteiger partial charge in [-0.2, -0.15) is 0 Å². The molecule has 0 heteroatoms. The van der Waals surface area contributed by atoms with Gasteiger partial charge >= 0.3 is 0 Å². The summed E-state index contributed by atoms with van der Waals surface area (Å²) in [4.78, 5) is 0. The molecule has 1 aliphatic rings. The molecular weight excluding hydrogens is 312 g/mol. The third kappa shape index (κ3) is 5.12. The molecule has 0 atom stereocenters. The molecule has 0 nitrogen and oxygen atoms in total. The van der Waals surface area contributed by atoms with Gasteiger partial charge in [-0.3, -0.25) is 0 Å². The maximum absolute atomic E-state index is 3.30. The van der Waals surface area contributed by atoms with Crippen LogP contribution in [0.1, 0.15) is 80.5 Å². The van der Waals surface area contributed by atoms with Gasteiger partial charge in [0.15, 0.2) is 0 Å². The second-order valence-corrected chi connectivity index (χ2v) is 7.50. The normalized spacial score (nSPS) is 19.9. The largest absolute Gasteiger partial charge is 0.0871 e. The van der Waals surface area contributed by atoms with Crippen molar-refractivity contribution in [2.24, 2.45) is 5.92 Å². The van der Waals surface area contributed by atoms with Gasteiger partial charge in [0, 0.05) is 11.1 Å². The Hall–Kier alpha value is -2.26. The minimum atomic E-state index is 0.754. The Morgan fingerprint density at radius 1 is 0.846 bits per heavy atom. The van der Waals surface area contributed by atoms with Crippen LogP contribution in [0.5, 0.6) is 0 Å². The van der Waals surface area contributed by atoms with Crippen molar-refractivity contribution in [2.75, 3.05) is 0 Å². The molecule has 0 radical (unpaired) electrons. The number of allylic oxidation sites excluding steroid dienone is 1. The van der Waals surface area contributed by atoms with Crippen LogP contribution >= 0.6 is 0 Å². The zero-order chi connectivity index (χ0) is 18.2. The van der Waals surface area contributed by atoms with Crippen LogP contribution in [0.2, 0.25) is 0 Å². The van der Waals surface area contributed by atoms with Gasteiger partial charge in [0.05, 0.1) is 0 Å². The first-order valence-electron chi connectivity index (χ1n) is 10.1. The summed E-state index contributed by atoms with van der Waals surface area (Å²) >= 11 is 0. The third-order valence-corrected chi connectivity index (χ3v) is 5.55. The van der Waals surface area contributed by atoms with Crippen molar-refractivity contribution in [1.29, 1.82) is 0 Å². The summed E-state index contributed by atoms with van der Waals surface area (Å²) in [6, 6.07) is 17.4. The van der Waals surface area contributed by atoms with Gasteiger partial charge in [-0.15, -0.1) is 0 Å². The number of rotatable bonds is 4. The number of hydrogen-bond donors (Lipinski definition) is 0. The van der Waals surface area contributed by atoms with E-state index in [2.05, 4.69) is 79.4 Å². The van der Waals surface area contributed by atoms with Crippen molar-refractivity contribution < 1.29 is 0 Å². The molecular formula is C26H30. The lowest BCUT2D eigenvalue weighted by atomic mass is 9.77. The quantitative estimate of drug-likeness (QED) is 0.516. The lowest BCUT2D eigenvalue weighted by Gasteiger charge is -2.28. The second kappa shape index (κ2) is 9.44. The van der Waals surface area contributed by atoms with Gasteiger partial charge < -0.3 is 0 Å². The predicted molar refractivity (Wildman–Crippen MR) is 113 cm³/mol. The second-order valence-electron chi connectivity index (χ2n) is 7.50. The first-order chi connectivity index (χ1) is 12.8. The van der Waals surface area contributed by atoms with Crippen LogP contribution in [-0.4, -0.2) is 0 Å². The average molecular weight is 343 g/mol. The number of hydrogen-bond acceptors (Lipinski definition) is 0. The van der Waals surface area contributed by atoms with E-state index >= 15 is 0 Å². The molecule has 0 N–H and O–H groups in total. The van der Waals surface area contributed by atoms with E-state index in [-0.39, 0.29) is 0 Å². The van der Waals surface area contributed by atoms with Crippen molar-refractivity contribution in [1.82, 2.24) is 0 Å². The minimum absolute atomic E-state index is 0.754. The monoisotopic (exact) mass is 342 g/mol. The molecule has 0 aliphatic heterocycles. The van der Waals surface area contributed by atoms with Crippen LogP contribution in [0.3, 0.4) is 0 Å². The molecule has 1 saturated carbocycles. The highest BCUT2D eigenvalue weighted by molar-refractivity contribution is 5.52. The highest BCUT2D eigenvalue weighted by Crippen LogP contribution is 2.37. The van der Waals surface area contributed by atoms with Crippen LogP contribution in [0.25, 0.3) is 6.08 Å². The molecule has 0 aromatic heterocycles. The molecule has 0 heterocycles. The van der Waals surface area contributed by atoms with E-state index in [0.717, 1.165) is 23.0 Å². The van der Waals surface area contributed by atoms with Gasteiger partial charge in [0.1, 0.15) is 0 Å². The van der Waals surface area contributed by atoms with E-state index < -0.39 is 0 Å². The molecule has 1 aliphatic carbocycles. The Labute approximate surface area is 159 Å². The van der Waals surface area contributed by atoms with Crippen molar-refractivity contribution in [3.8, 4) is 11.8 Å².